The highest BCUT2D eigenvalue weighted by molar-refractivity contribution is 7.87. The van der Waals surface area contributed by atoms with E-state index >= 15 is 0 Å². The van der Waals surface area contributed by atoms with Crippen molar-refractivity contribution >= 4 is 21.5 Å². The van der Waals surface area contributed by atoms with Crippen LogP contribution in [0, 0.1) is 12.8 Å². The predicted octanol–water partition coefficient (Wildman–Crippen LogP) is 1.28. The van der Waals surface area contributed by atoms with Gasteiger partial charge < -0.3 is 5.32 Å². The first-order valence-electron chi connectivity index (χ1n) is 7.26. The summed E-state index contributed by atoms with van der Waals surface area (Å²) in [5, 5.41) is 5.90. The largest absolute Gasteiger partial charge is 0.319 e. The molecule has 0 aromatic carbocycles. The van der Waals surface area contributed by atoms with Crippen LogP contribution in [0.25, 0.3) is 0 Å². The average molecular weight is 332 g/mol. The molecule has 0 bridgehead atoms. The molecule has 120 valence electrons. The summed E-state index contributed by atoms with van der Waals surface area (Å²) in [7, 11) is -1.50. The fraction of sp³-hybridized carbons (Fsp3) is 0.769. The smallest absolute Gasteiger partial charge is 0.280 e. The van der Waals surface area contributed by atoms with E-state index in [1.165, 1.54) is 11.3 Å². The molecule has 1 saturated heterocycles. The van der Waals surface area contributed by atoms with Crippen LogP contribution in [0.5, 0.6) is 0 Å². The normalized spacial score (nSPS) is 19.8. The summed E-state index contributed by atoms with van der Waals surface area (Å²) < 4.78 is 29.1. The van der Waals surface area contributed by atoms with Crippen molar-refractivity contribution in [1.82, 2.24) is 19.3 Å². The van der Waals surface area contributed by atoms with Gasteiger partial charge in [0, 0.05) is 24.2 Å². The predicted molar refractivity (Wildman–Crippen MR) is 85.5 cm³/mol. The van der Waals surface area contributed by atoms with Gasteiger partial charge in [-0.05, 0) is 46.2 Å². The Kier molecular flexibility index (Phi) is 5.73. The van der Waals surface area contributed by atoms with Crippen LogP contribution in [0.1, 0.15) is 36.5 Å². The second-order valence-electron chi connectivity index (χ2n) is 5.57. The number of nitrogens with one attached hydrogen (secondary N) is 2. The Morgan fingerprint density at radius 1 is 1.48 bits per heavy atom. The van der Waals surface area contributed by atoms with Gasteiger partial charge in [-0.25, -0.2) is 4.98 Å². The third-order valence-electron chi connectivity index (χ3n) is 3.74. The SMILES string of the molecule is CNCC1CCN(S(=O)(=O)NC(C)c2nc(C)cs2)CC1. The van der Waals surface area contributed by atoms with Crippen molar-refractivity contribution in [1.29, 1.82) is 0 Å². The molecular formula is C13H24N4O2S2. The Balaban J connectivity index is 1.93. The highest BCUT2D eigenvalue weighted by Crippen LogP contribution is 2.22. The number of hydrogen-bond donors (Lipinski definition) is 2. The van der Waals surface area contributed by atoms with Gasteiger partial charge in [-0.1, -0.05) is 0 Å². The molecular weight excluding hydrogens is 308 g/mol. The highest BCUT2D eigenvalue weighted by Gasteiger charge is 2.29. The lowest BCUT2D eigenvalue weighted by Crippen LogP contribution is -2.46. The van der Waals surface area contributed by atoms with E-state index < -0.39 is 10.2 Å². The van der Waals surface area contributed by atoms with Crippen LogP contribution in [0.2, 0.25) is 0 Å². The lowest BCUT2D eigenvalue weighted by Gasteiger charge is -2.31. The van der Waals surface area contributed by atoms with Gasteiger partial charge in [-0.2, -0.15) is 17.4 Å². The number of rotatable bonds is 6. The molecule has 1 unspecified atom stereocenters. The maximum atomic E-state index is 12.4. The van der Waals surface area contributed by atoms with Crippen LogP contribution in [-0.4, -0.2) is 44.4 Å². The van der Waals surface area contributed by atoms with Crippen LogP contribution >= 0.6 is 11.3 Å². The first kappa shape index (κ1) is 16.8. The fourth-order valence-corrected chi connectivity index (χ4v) is 4.84. The van der Waals surface area contributed by atoms with Crippen LogP contribution in [0.15, 0.2) is 5.38 Å². The second-order valence-corrected chi connectivity index (χ2v) is 8.16. The molecule has 0 saturated carbocycles. The summed E-state index contributed by atoms with van der Waals surface area (Å²) in [5.41, 5.74) is 0.925. The van der Waals surface area contributed by atoms with E-state index in [-0.39, 0.29) is 6.04 Å². The third-order valence-corrected chi connectivity index (χ3v) is 6.58. The zero-order valence-electron chi connectivity index (χ0n) is 12.8. The van der Waals surface area contributed by atoms with E-state index in [0.29, 0.717) is 19.0 Å². The van der Waals surface area contributed by atoms with Crippen molar-refractivity contribution in [3.63, 3.8) is 0 Å². The number of piperidine rings is 1. The van der Waals surface area contributed by atoms with Crippen molar-refractivity contribution in [3.8, 4) is 0 Å². The Morgan fingerprint density at radius 2 is 2.14 bits per heavy atom. The molecule has 0 aliphatic carbocycles. The van der Waals surface area contributed by atoms with Crippen molar-refractivity contribution in [2.24, 2.45) is 5.92 Å². The average Bonchev–Trinajstić information content (AvgIpc) is 2.86. The molecule has 2 heterocycles. The lowest BCUT2D eigenvalue weighted by atomic mass is 9.98. The van der Waals surface area contributed by atoms with Gasteiger partial charge in [0.05, 0.1) is 6.04 Å². The molecule has 1 aromatic heterocycles. The first-order chi connectivity index (χ1) is 9.92. The van der Waals surface area contributed by atoms with Gasteiger partial charge in [0.25, 0.3) is 10.2 Å². The minimum Gasteiger partial charge on any atom is -0.319 e. The summed E-state index contributed by atoms with van der Waals surface area (Å²) in [6.45, 7) is 5.88. The van der Waals surface area contributed by atoms with Crippen LogP contribution < -0.4 is 10.0 Å². The minimum atomic E-state index is -3.43. The number of hydrogen-bond acceptors (Lipinski definition) is 5. The minimum absolute atomic E-state index is 0.288. The number of nitrogens with zero attached hydrogens (tertiary/aromatic N) is 2. The third kappa shape index (κ3) is 4.46. The van der Waals surface area contributed by atoms with E-state index in [9.17, 15) is 8.42 Å². The molecule has 0 spiro atoms. The Bertz CT molecular complexity index is 550. The van der Waals surface area contributed by atoms with Crippen LogP contribution in [0.4, 0.5) is 0 Å². The summed E-state index contributed by atoms with van der Waals surface area (Å²) in [6, 6.07) is -0.288. The summed E-state index contributed by atoms with van der Waals surface area (Å²) in [5.74, 6) is 0.570. The molecule has 1 aliphatic heterocycles. The molecule has 1 fully saturated rings. The monoisotopic (exact) mass is 332 g/mol. The highest BCUT2D eigenvalue weighted by atomic mass is 32.2. The number of thiazole rings is 1. The quantitative estimate of drug-likeness (QED) is 0.823. The molecule has 1 aromatic rings. The zero-order chi connectivity index (χ0) is 15.5. The number of aromatic nitrogens is 1. The lowest BCUT2D eigenvalue weighted by molar-refractivity contribution is 0.267. The van der Waals surface area contributed by atoms with Gasteiger partial charge in [0.1, 0.15) is 5.01 Å². The van der Waals surface area contributed by atoms with E-state index in [2.05, 4.69) is 15.0 Å². The van der Waals surface area contributed by atoms with Gasteiger partial charge in [-0.15, -0.1) is 11.3 Å². The Hall–Kier alpha value is -0.540. The molecule has 1 atom stereocenters. The maximum Gasteiger partial charge on any atom is 0.280 e. The molecule has 0 radical (unpaired) electrons. The van der Waals surface area contributed by atoms with Crippen molar-refractivity contribution in [3.05, 3.63) is 16.1 Å². The second kappa shape index (κ2) is 7.15. The molecule has 21 heavy (non-hydrogen) atoms. The van der Waals surface area contributed by atoms with E-state index in [4.69, 9.17) is 0 Å². The van der Waals surface area contributed by atoms with E-state index in [0.717, 1.165) is 30.1 Å². The van der Waals surface area contributed by atoms with Gasteiger partial charge in [0.15, 0.2) is 0 Å². The molecule has 2 N–H and O–H groups in total. The van der Waals surface area contributed by atoms with Gasteiger partial charge in [-0.3, -0.25) is 0 Å². The van der Waals surface area contributed by atoms with Crippen LogP contribution in [0.3, 0.4) is 0 Å². The van der Waals surface area contributed by atoms with Gasteiger partial charge >= 0.3 is 0 Å². The standard InChI is InChI=1S/C13H24N4O2S2/c1-10-9-20-13(15-10)11(2)16-21(18,19)17-6-4-12(5-7-17)8-14-3/h9,11-12,14,16H,4-8H2,1-3H3. The van der Waals surface area contributed by atoms with Crippen molar-refractivity contribution < 1.29 is 8.42 Å². The molecule has 0 amide bonds. The zero-order valence-corrected chi connectivity index (χ0v) is 14.4. The maximum absolute atomic E-state index is 12.4. The van der Waals surface area contributed by atoms with E-state index in [1.54, 1.807) is 4.31 Å². The topological polar surface area (TPSA) is 74.3 Å². The fourth-order valence-electron chi connectivity index (χ4n) is 2.56. The Morgan fingerprint density at radius 3 is 2.67 bits per heavy atom. The van der Waals surface area contributed by atoms with Crippen molar-refractivity contribution in [2.45, 2.75) is 32.7 Å². The molecule has 1 aliphatic rings. The molecule has 8 heteroatoms. The summed E-state index contributed by atoms with van der Waals surface area (Å²) in [6.07, 6.45) is 1.82. The molecule has 6 nitrogen and oxygen atoms in total. The Labute approximate surface area is 131 Å². The summed E-state index contributed by atoms with van der Waals surface area (Å²) >= 11 is 1.49. The number of aryl methyl sites for hydroxylation is 1. The molecule has 2 rings (SSSR count). The van der Waals surface area contributed by atoms with Gasteiger partial charge in [0.2, 0.25) is 0 Å². The first-order valence-corrected chi connectivity index (χ1v) is 9.58. The van der Waals surface area contributed by atoms with E-state index in [1.807, 2.05) is 26.3 Å². The van der Waals surface area contributed by atoms with Crippen LogP contribution in [-0.2, 0) is 10.2 Å². The van der Waals surface area contributed by atoms with Crippen molar-refractivity contribution in [2.75, 3.05) is 26.7 Å². The summed E-state index contributed by atoms with van der Waals surface area (Å²) in [4.78, 5) is 4.34.